The zero-order chi connectivity index (χ0) is 26.8. The SMILES string of the molecule is O=C(NC1CCCCC1)c1ccc2c(c1)N(Cc1cnc[nH]1)C(I)CN(C(=O)c1cccc3ccccc13)C2. The van der Waals surface area contributed by atoms with E-state index in [1.807, 2.05) is 71.8 Å². The van der Waals surface area contributed by atoms with Crippen LogP contribution < -0.4 is 10.2 Å². The number of nitrogens with one attached hydrogen (secondary N) is 2. The molecule has 3 aromatic carbocycles. The Morgan fingerprint density at radius 2 is 1.85 bits per heavy atom. The molecule has 2 aliphatic rings. The minimum atomic E-state index is -0.0240. The molecule has 0 spiro atoms. The predicted molar refractivity (Wildman–Crippen MR) is 162 cm³/mol. The quantitative estimate of drug-likeness (QED) is 0.159. The van der Waals surface area contributed by atoms with Crippen molar-refractivity contribution in [2.24, 2.45) is 0 Å². The van der Waals surface area contributed by atoms with Crippen LogP contribution in [0.25, 0.3) is 10.8 Å². The van der Waals surface area contributed by atoms with Gasteiger partial charge in [0.15, 0.2) is 0 Å². The highest BCUT2D eigenvalue weighted by molar-refractivity contribution is 14.1. The molecular formula is C31H32IN5O2. The molecule has 0 saturated heterocycles. The fraction of sp³-hybridized carbons (Fsp3) is 0.323. The third-order valence-electron chi connectivity index (χ3n) is 7.87. The zero-order valence-electron chi connectivity index (χ0n) is 21.8. The number of carbonyl (C=O) groups is 2. The maximum absolute atomic E-state index is 14.0. The molecule has 4 aromatic rings. The van der Waals surface area contributed by atoms with Crippen molar-refractivity contribution in [2.45, 2.75) is 55.3 Å². The van der Waals surface area contributed by atoms with E-state index in [2.05, 4.69) is 42.8 Å². The van der Waals surface area contributed by atoms with Crippen LogP contribution in [0.15, 0.2) is 73.2 Å². The average molecular weight is 634 g/mol. The third kappa shape index (κ3) is 5.52. The van der Waals surface area contributed by atoms with Gasteiger partial charge in [0.1, 0.15) is 0 Å². The summed E-state index contributed by atoms with van der Waals surface area (Å²) in [4.78, 5) is 38.9. The van der Waals surface area contributed by atoms with Gasteiger partial charge in [-0.05, 0) is 47.4 Å². The number of alkyl halides is 1. The van der Waals surface area contributed by atoms with Crippen LogP contribution in [0.3, 0.4) is 0 Å². The molecular weight excluding hydrogens is 601 g/mol. The largest absolute Gasteiger partial charge is 0.352 e. The van der Waals surface area contributed by atoms with E-state index in [-0.39, 0.29) is 21.9 Å². The molecule has 1 unspecified atom stereocenters. The number of aromatic amines is 1. The summed E-state index contributed by atoms with van der Waals surface area (Å²) in [7, 11) is 0. The zero-order valence-corrected chi connectivity index (χ0v) is 23.9. The van der Waals surface area contributed by atoms with E-state index in [1.165, 1.54) is 19.3 Å². The normalized spacial score (nSPS) is 18.0. The van der Waals surface area contributed by atoms with Gasteiger partial charge in [-0.2, -0.15) is 0 Å². The van der Waals surface area contributed by atoms with Gasteiger partial charge in [0, 0.05) is 35.6 Å². The number of hydrogen-bond acceptors (Lipinski definition) is 4. The Morgan fingerprint density at radius 1 is 1.03 bits per heavy atom. The number of fused-ring (bicyclic) bond motifs is 2. The molecule has 39 heavy (non-hydrogen) atoms. The van der Waals surface area contributed by atoms with E-state index in [4.69, 9.17) is 0 Å². The number of H-pyrrole nitrogens is 1. The Bertz CT molecular complexity index is 1480. The molecule has 0 bridgehead atoms. The number of imidazole rings is 1. The minimum Gasteiger partial charge on any atom is -0.352 e. The molecule has 1 fully saturated rings. The van der Waals surface area contributed by atoms with Gasteiger partial charge in [0.25, 0.3) is 11.8 Å². The molecule has 0 radical (unpaired) electrons. The van der Waals surface area contributed by atoms with E-state index in [0.29, 0.717) is 30.8 Å². The summed E-state index contributed by atoms with van der Waals surface area (Å²) in [5, 5.41) is 5.27. The summed E-state index contributed by atoms with van der Waals surface area (Å²) >= 11 is 2.42. The van der Waals surface area contributed by atoms with Crippen LogP contribution in [0, 0.1) is 0 Å². The molecule has 200 valence electrons. The summed E-state index contributed by atoms with van der Waals surface area (Å²) in [5.41, 5.74) is 4.36. The van der Waals surface area contributed by atoms with Crippen molar-refractivity contribution in [1.29, 1.82) is 0 Å². The lowest BCUT2D eigenvalue weighted by Gasteiger charge is -2.30. The van der Waals surface area contributed by atoms with Crippen molar-refractivity contribution < 1.29 is 9.59 Å². The van der Waals surface area contributed by atoms with Gasteiger partial charge in [0.05, 0.1) is 29.2 Å². The third-order valence-corrected chi connectivity index (χ3v) is 8.94. The average Bonchev–Trinajstić information content (AvgIpc) is 3.44. The lowest BCUT2D eigenvalue weighted by Crippen LogP contribution is -2.40. The van der Waals surface area contributed by atoms with Crippen LogP contribution in [0.4, 0.5) is 5.69 Å². The molecule has 1 aromatic heterocycles. The number of nitrogens with zero attached hydrogens (tertiary/aromatic N) is 3. The van der Waals surface area contributed by atoms with Crippen molar-refractivity contribution in [1.82, 2.24) is 20.2 Å². The lowest BCUT2D eigenvalue weighted by molar-refractivity contribution is 0.0751. The lowest BCUT2D eigenvalue weighted by atomic mass is 9.95. The second-order valence-corrected chi connectivity index (χ2v) is 11.9. The number of halogens is 1. The highest BCUT2D eigenvalue weighted by atomic mass is 127. The fourth-order valence-electron chi connectivity index (χ4n) is 5.80. The molecule has 2 heterocycles. The highest BCUT2D eigenvalue weighted by Gasteiger charge is 2.31. The van der Waals surface area contributed by atoms with E-state index < -0.39 is 0 Å². The van der Waals surface area contributed by atoms with Gasteiger partial charge >= 0.3 is 0 Å². The molecule has 1 saturated carbocycles. The summed E-state index contributed by atoms with van der Waals surface area (Å²) < 4.78 is -0.0114. The van der Waals surface area contributed by atoms with E-state index >= 15 is 0 Å². The highest BCUT2D eigenvalue weighted by Crippen LogP contribution is 2.34. The Morgan fingerprint density at radius 3 is 2.67 bits per heavy atom. The van der Waals surface area contributed by atoms with Crippen LogP contribution in [-0.2, 0) is 13.1 Å². The second-order valence-electron chi connectivity index (χ2n) is 10.5. The Hall–Kier alpha value is -3.40. The number of benzene rings is 3. The number of aromatic nitrogens is 2. The number of anilines is 1. The van der Waals surface area contributed by atoms with E-state index in [0.717, 1.165) is 40.6 Å². The molecule has 2 N–H and O–H groups in total. The van der Waals surface area contributed by atoms with Crippen molar-refractivity contribution in [3.05, 3.63) is 95.6 Å². The topological polar surface area (TPSA) is 81.3 Å². The van der Waals surface area contributed by atoms with Gasteiger partial charge in [-0.15, -0.1) is 0 Å². The van der Waals surface area contributed by atoms with Crippen molar-refractivity contribution in [3.63, 3.8) is 0 Å². The first-order valence-electron chi connectivity index (χ1n) is 13.7. The van der Waals surface area contributed by atoms with Crippen LogP contribution in [-0.4, -0.2) is 43.3 Å². The smallest absolute Gasteiger partial charge is 0.254 e. The van der Waals surface area contributed by atoms with Crippen LogP contribution in [0.5, 0.6) is 0 Å². The second kappa shape index (κ2) is 11.4. The van der Waals surface area contributed by atoms with E-state index in [1.54, 1.807) is 6.33 Å². The van der Waals surface area contributed by atoms with E-state index in [9.17, 15) is 9.59 Å². The Balaban J connectivity index is 1.34. The summed E-state index contributed by atoms with van der Waals surface area (Å²) in [6, 6.07) is 20.1. The molecule has 1 aliphatic carbocycles. The fourth-order valence-corrected chi connectivity index (χ4v) is 6.77. The Kier molecular flexibility index (Phi) is 7.54. The first kappa shape index (κ1) is 25.9. The molecule has 1 atom stereocenters. The standard InChI is InChI=1S/C31H32IN5O2/c32-29-19-36(31(39)27-12-6-8-21-7-4-5-11-26(21)27)17-23-14-13-22(30(38)35-24-9-2-1-3-10-24)15-28(23)37(29)18-25-16-33-20-34-25/h4-8,11-16,20,24,29H,1-3,9-10,17-19H2,(H,33,34)(H,35,38). The van der Waals surface area contributed by atoms with Gasteiger partial charge < -0.3 is 20.1 Å². The molecule has 2 amide bonds. The number of rotatable bonds is 5. The summed E-state index contributed by atoms with van der Waals surface area (Å²) in [6.07, 6.45) is 9.19. The number of amides is 2. The molecule has 8 heteroatoms. The first-order chi connectivity index (χ1) is 19.1. The van der Waals surface area contributed by atoms with Gasteiger partial charge in [0.2, 0.25) is 0 Å². The first-order valence-corrected chi connectivity index (χ1v) is 14.9. The molecule has 1 aliphatic heterocycles. The van der Waals surface area contributed by atoms with Crippen LogP contribution in [0.2, 0.25) is 0 Å². The maximum Gasteiger partial charge on any atom is 0.254 e. The van der Waals surface area contributed by atoms with Gasteiger partial charge in [-0.25, -0.2) is 4.98 Å². The van der Waals surface area contributed by atoms with Crippen molar-refractivity contribution in [2.75, 3.05) is 11.4 Å². The number of hydrogen-bond donors (Lipinski definition) is 2. The predicted octanol–water partition coefficient (Wildman–Crippen LogP) is 6.05. The van der Waals surface area contributed by atoms with Crippen LogP contribution >= 0.6 is 22.6 Å². The van der Waals surface area contributed by atoms with Crippen LogP contribution in [0.1, 0.15) is 64.1 Å². The minimum absolute atomic E-state index is 0.0114. The van der Waals surface area contributed by atoms with Crippen molar-refractivity contribution in [3.8, 4) is 0 Å². The van der Waals surface area contributed by atoms with Gasteiger partial charge in [-0.3, -0.25) is 9.59 Å². The number of carbonyl (C=O) groups excluding carboxylic acids is 2. The Labute approximate surface area is 242 Å². The van der Waals surface area contributed by atoms with Gasteiger partial charge in [-0.1, -0.05) is 84.3 Å². The van der Waals surface area contributed by atoms with Crippen molar-refractivity contribution >= 4 is 50.9 Å². The summed E-state index contributed by atoms with van der Waals surface area (Å²) in [6.45, 7) is 1.63. The summed E-state index contributed by atoms with van der Waals surface area (Å²) in [5.74, 6) is -0.00828. The molecule has 7 nitrogen and oxygen atoms in total. The maximum atomic E-state index is 14.0. The molecule has 6 rings (SSSR count). The monoisotopic (exact) mass is 633 g/mol.